The molecule has 0 amide bonds. The van der Waals surface area contributed by atoms with Crippen LogP contribution < -0.4 is 5.73 Å². The van der Waals surface area contributed by atoms with Crippen LogP contribution in [0.2, 0.25) is 0 Å². The van der Waals surface area contributed by atoms with Crippen LogP contribution in [-0.4, -0.2) is 17.6 Å². The summed E-state index contributed by atoms with van der Waals surface area (Å²) in [6, 6.07) is 0.989. The van der Waals surface area contributed by atoms with Crippen LogP contribution >= 0.6 is 0 Å². The molecule has 1 aromatic rings. The van der Waals surface area contributed by atoms with Crippen molar-refractivity contribution in [2.24, 2.45) is 11.7 Å². The van der Waals surface area contributed by atoms with Crippen molar-refractivity contribution in [2.75, 3.05) is 6.54 Å². The van der Waals surface area contributed by atoms with E-state index >= 15 is 0 Å². The number of hydrogen-bond donors (Lipinski definition) is 2. The molecule has 3 nitrogen and oxygen atoms in total. The predicted octanol–water partition coefficient (Wildman–Crippen LogP) is 2.93. The number of rotatable bonds is 4. The van der Waals surface area contributed by atoms with Crippen molar-refractivity contribution in [3.8, 4) is 0 Å². The molecule has 0 aliphatic carbocycles. The fourth-order valence-corrected chi connectivity index (χ4v) is 1.69. The van der Waals surface area contributed by atoms with Crippen LogP contribution in [-0.2, 0) is 23.6 Å². The zero-order valence-corrected chi connectivity index (χ0v) is 10.4. The predicted molar refractivity (Wildman–Crippen MR) is 60.3 cm³/mol. The van der Waals surface area contributed by atoms with Crippen LogP contribution in [0.1, 0.15) is 16.7 Å². The zero-order valence-electron chi connectivity index (χ0n) is 10.4. The summed E-state index contributed by atoms with van der Waals surface area (Å²) in [5.74, 6) is -2.64. The Bertz CT molecular complexity index is 491. The third kappa shape index (κ3) is 4.62. The maximum Gasteiger partial charge on any atom is 0.416 e. The van der Waals surface area contributed by atoms with Gasteiger partial charge in [0, 0.05) is 6.54 Å². The number of carboxylic acid groups (broad SMARTS) is 1. The summed E-state index contributed by atoms with van der Waals surface area (Å²) >= 11 is 0. The minimum atomic E-state index is -4.96. The average Bonchev–Trinajstić information content (AvgIpc) is 2.33. The topological polar surface area (TPSA) is 63.3 Å². The zero-order chi connectivity index (χ0) is 16.4. The molecular weight excluding hydrogens is 304 g/mol. The van der Waals surface area contributed by atoms with E-state index in [9.17, 15) is 31.1 Å². The number of carbonyl (C=O) groups is 1. The van der Waals surface area contributed by atoms with Crippen LogP contribution in [0.3, 0.4) is 0 Å². The van der Waals surface area contributed by atoms with Crippen LogP contribution in [0.5, 0.6) is 0 Å². The van der Waals surface area contributed by atoms with Gasteiger partial charge >= 0.3 is 18.3 Å². The standard InChI is InChI=1S/C12H11F6NO2/c13-11(14,15)8-2-6(1-7(5-19)10(20)21)3-9(4-8)12(16,17)18/h2-4,7H,1,5,19H2,(H,20,21)/t7-/m1/s1. The lowest BCUT2D eigenvalue weighted by Gasteiger charge is -2.16. The molecule has 0 heterocycles. The van der Waals surface area contributed by atoms with E-state index < -0.39 is 48.3 Å². The number of nitrogens with two attached hydrogens (primary N) is 1. The smallest absolute Gasteiger partial charge is 0.416 e. The van der Waals surface area contributed by atoms with Crippen LogP contribution in [0.4, 0.5) is 26.3 Å². The molecule has 0 saturated heterocycles. The van der Waals surface area contributed by atoms with Crippen molar-refractivity contribution >= 4 is 5.97 Å². The van der Waals surface area contributed by atoms with Crippen molar-refractivity contribution in [3.05, 3.63) is 34.9 Å². The van der Waals surface area contributed by atoms with Gasteiger partial charge in [-0.2, -0.15) is 26.3 Å². The van der Waals surface area contributed by atoms with Crippen molar-refractivity contribution in [3.63, 3.8) is 0 Å². The molecule has 0 fully saturated rings. The van der Waals surface area contributed by atoms with Crippen LogP contribution in [0, 0.1) is 5.92 Å². The first kappa shape index (κ1) is 17.3. The quantitative estimate of drug-likeness (QED) is 0.840. The maximum atomic E-state index is 12.6. The van der Waals surface area contributed by atoms with E-state index in [2.05, 4.69) is 0 Å². The van der Waals surface area contributed by atoms with Gasteiger partial charge < -0.3 is 10.8 Å². The normalized spacial score (nSPS) is 14.0. The molecule has 0 saturated carbocycles. The van der Waals surface area contributed by atoms with Gasteiger partial charge in [0.1, 0.15) is 0 Å². The lowest BCUT2D eigenvalue weighted by atomic mass is 9.96. The van der Waals surface area contributed by atoms with Crippen molar-refractivity contribution < 1.29 is 36.2 Å². The van der Waals surface area contributed by atoms with Crippen molar-refractivity contribution in [2.45, 2.75) is 18.8 Å². The van der Waals surface area contributed by atoms with Gasteiger partial charge in [-0.3, -0.25) is 4.79 Å². The Morgan fingerprint density at radius 1 is 1.05 bits per heavy atom. The lowest BCUT2D eigenvalue weighted by molar-refractivity contribution is -0.143. The van der Waals surface area contributed by atoms with Gasteiger partial charge in [-0.05, 0) is 30.2 Å². The molecular formula is C12H11F6NO2. The summed E-state index contributed by atoms with van der Waals surface area (Å²) < 4.78 is 75.6. The van der Waals surface area contributed by atoms with Crippen LogP contribution in [0.25, 0.3) is 0 Å². The summed E-state index contributed by atoms with van der Waals surface area (Å²) in [6.07, 6.45) is -10.4. The van der Waals surface area contributed by atoms with Gasteiger partial charge in [0.25, 0.3) is 0 Å². The Kier molecular flexibility index (Phi) is 4.87. The van der Waals surface area contributed by atoms with E-state index in [1.54, 1.807) is 0 Å². The number of alkyl halides is 6. The molecule has 0 bridgehead atoms. The highest BCUT2D eigenvalue weighted by Crippen LogP contribution is 2.36. The van der Waals surface area contributed by atoms with Gasteiger partial charge in [-0.15, -0.1) is 0 Å². The summed E-state index contributed by atoms with van der Waals surface area (Å²) in [5.41, 5.74) is 1.81. The fraction of sp³-hybridized carbons (Fsp3) is 0.417. The average molecular weight is 315 g/mol. The van der Waals surface area contributed by atoms with Gasteiger partial charge in [0.05, 0.1) is 17.0 Å². The molecule has 0 spiro atoms. The Hall–Kier alpha value is -1.77. The molecule has 118 valence electrons. The molecule has 3 N–H and O–H groups in total. The molecule has 0 aliphatic rings. The molecule has 21 heavy (non-hydrogen) atoms. The molecule has 1 atom stereocenters. The van der Waals surface area contributed by atoms with E-state index in [0.717, 1.165) is 0 Å². The summed E-state index contributed by atoms with van der Waals surface area (Å²) in [7, 11) is 0. The number of aliphatic carboxylic acids is 1. The van der Waals surface area contributed by atoms with Gasteiger partial charge in [0.2, 0.25) is 0 Å². The number of hydrogen-bond acceptors (Lipinski definition) is 2. The second-order valence-corrected chi connectivity index (χ2v) is 4.39. The lowest BCUT2D eigenvalue weighted by Crippen LogP contribution is -2.25. The van der Waals surface area contributed by atoms with E-state index in [-0.39, 0.29) is 11.6 Å². The van der Waals surface area contributed by atoms with Gasteiger partial charge in [0.15, 0.2) is 0 Å². The minimum absolute atomic E-state index is 0.0122. The minimum Gasteiger partial charge on any atom is -0.481 e. The Labute approximate surface area is 115 Å². The van der Waals surface area contributed by atoms with Gasteiger partial charge in [-0.25, -0.2) is 0 Å². The molecule has 9 heteroatoms. The Morgan fingerprint density at radius 2 is 1.48 bits per heavy atom. The molecule has 1 aromatic carbocycles. The highest BCUT2D eigenvalue weighted by molar-refractivity contribution is 5.70. The van der Waals surface area contributed by atoms with E-state index in [4.69, 9.17) is 10.8 Å². The number of benzene rings is 1. The van der Waals surface area contributed by atoms with Gasteiger partial charge in [-0.1, -0.05) is 0 Å². The molecule has 0 aromatic heterocycles. The Morgan fingerprint density at radius 3 is 1.76 bits per heavy atom. The molecule has 1 rings (SSSR count). The summed E-state index contributed by atoms with van der Waals surface area (Å²) in [5, 5.41) is 8.77. The van der Waals surface area contributed by atoms with E-state index in [1.165, 1.54) is 0 Å². The highest BCUT2D eigenvalue weighted by atomic mass is 19.4. The monoisotopic (exact) mass is 315 g/mol. The summed E-state index contributed by atoms with van der Waals surface area (Å²) in [4.78, 5) is 10.8. The summed E-state index contributed by atoms with van der Waals surface area (Å²) in [6.45, 7) is -0.396. The molecule has 0 radical (unpaired) electrons. The van der Waals surface area contributed by atoms with E-state index in [1.807, 2.05) is 0 Å². The molecule has 0 aliphatic heterocycles. The fourth-order valence-electron chi connectivity index (χ4n) is 1.69. The SMILES string of the molecule is NC[C@@H](Cc1cc(C(F)(F)F)cc(C(F)(F)F)c1)C(=O)O. The van der Waals surface area contributed by atoms with Crippen molar-refractivity contribution in [1.29, 1.82) is 0 Å². The first-order valence-corrected chi connectivity index (χ1v) is 5.66. The largest absolute Gasteiger partial charge is 0.481 e. The first-order valence-electron chi connectivity index (χ1n) is 5.66. The second-order valence-electron chi connectivity index (χ2n) is 4.39. The maximum absolute atomic E-state index is 12.6. The third-order valence-electron chi connectivity index (χ3n) is 2.76. The Balaban J connectivity index is 3.29. The highest BCUT2D eigenvalue weighted by Gasteiger charge is 2.37. The molecule has 0 unspecified atom stereocenters. The number of halogens is 6. The first-order chi connectivity index (χ1) is 9.45. The van der Waals surface area contributed by atoms with E-state index in [0.29, 0.717) is 12.1 Å². The third-order valence-corrected chi connectivity index (χ3v) is 2.76. The second kappa shape index (κ2) is 5.92. The van der Waals surface area contributed by atoms with Crippen LogP contribution in [0.15, 0.2) is 18.2 Å². The number of carboxylic acids is 1. The van der Waals surface area contributed by atoms with Crippen molar-refractivity contribution in [1.82, 2.24) is 0 Å².